The first-order valence-electron chi connectivity index (χ1n) is 6.69. The van der Waals surface area contributed by atoms with Crippen LogP contribution in [0, 0.1) is 6.92 Å². The van der Waals surface area contributed by atoms with Crippen LogP contribution in [-0.4, -0.2) is 31.3 Å². The molecule has 0 aromatic heterocycles. The third-order valence-electron chi connectivity index (χ3n) is 3.05. The third kappa shape index (κ3) is 4.81. The second kappa shape index (κ2) is 7.67. The summed E-state index contributed by atoms with van der Waals surface area (Å²) in [6.07, 6.45) is 2.26. The number of rotatable bonds is 8. The number of benzene rings is 1. The highest BCUT2D eigenvalue weighted by atomic mass is 16.5. The highest BCUT2D eigenvalue weighted by Gasteiger charge is 2.13. The second-order valence-corrected chi connectivity index (χ2v) is 4.66. The molecular weight excluding hydrogens is 242 g/mol. The SMILES string of the molecule is CCCCN(CCC(=O)O)c1cc(C)ccc1OC. The van der Waals surface area contributed by atoms with E-state index in [1.165, 1.54) is 0 Å². The predicted octanol–water partition coefficient (Wildman–Crippen LogP) is 3.08. The smallest absolute Gasteiger partial charge is 0.305 e. The largest absolute Gasteiger partial charge is 0.495 e. The molecule has 1 aromatic carbocycles. The summed E-state index contributed by atoms with van der Waals surface area (Å²) in [5.74, 6) is 0.0280. The molecular formula is C15H23NO3. The number of unbranched alkanes of at least 4 members (excludes halogenated alkanes) is 1. The van der Waals surface area contributed by atoms with Gasteiger partial charge in [-0.15, -0.1) is 0 Å². The zero-order valence-electron chi connectivity index (χ0n) is 12.0. The lowest BCUT2D eigenvalue weighted by Crippen LogP contribution is -2.27. The van der Waals surface area contributed by atoms with E-state index >= 15 is 0 Å². The Bertz CT molecular complexity index is 418. The summed E-state index contributed by atoms with van der Waals surface area (Å²) < 4.78 is 5.38. The van der Waals surface area contributed by atoms with Crippen LogP contribution in [0.2, 0.25) is 0 Å². The van der Waals surface area contributed by atoms with Crippen molar-refractivity contribution in [2.45, 2.75) is 33.1 Å². The maximum Gasteiger partial charge on any atom is 0.305 e. The zero-order chi connectivity index (χ0) is 14.3. The second-order valence-electron chi connectivity index (χ2n) is 4.66. The zero-order valence-corrected chi connectivity index (χ0v) is 12.0. The number of carboxylic acids is 1. The normalized spacial score (nSPS) is 10.3. The summed E-state index contributed by atoms with van der Waals surface area (Å²) in [7, 11) is 1.64. The van der Waals surface area contributed by atoms with Crippen molar-refractivity contribution in [1.82, 2.24) is 0 Å². The molecule has 0 saturated heterocycles. The van der Waals surface area contributed by atoms with E-state index in [1.807, 2.05) is 19.1 Å². The summed E-state index contributed by atoms with van der Waals surface area (Å²) in [4.78, 5) is 12.9. The third-order valence-corrected chi connectivity index (χ3v) is 3.05. The van der Waals surface area contributed by atoms with Crippen LogP contribution < -0.4 is 9.64 Å². The van der Waals surface area contributed by atoms with E-state index < -0.39 is 5.97 Å². The molecule has 4 heteroatoms. The molecule has 106 valence electrons. The van der Waals surface area contributed by atoms with Gasteiger partial charge in [-0.05, 0) is 31.0 Å². The molecule has 0 atom stereocenters. The van der Waals surface area contributed by atoms with Gasteiger partial charge in [0, 0.05) is 13.1 Å². The number of hydrogen-bond acceptors (Lipinski definition) is 3. The summed E-state index contributed by atoms with van der Waals surface area (Å²) in [6, 6.07) is 5.98. The van der Waals surface area contributed by atoms with Gasteiger partial charge in [0.15, 0.2) is 0 Å². The van der Waals surface area contributed by atoms with E-state index in [-0.39, 0.29) is 6.42 Å². The lowest BCUT2D eigenvalue weighted by atomic mass is 10.1. The number of carboxylic acid groups (broad SMARTS) is 1. The van der Waals surface area contributed by atoms with Crippen molar-refractivity contribution in [3.05, 3.63) is 23.8 Å². The maximum atomic E-state index is 10.8. The summed E-state index contributed by atoms with van der Waals surface area (Å²) >= 11 is 0. The fourth-order valence-electron chi connectivity index (χ4n) is 1.98. The van der Waals surface area contributed by atoms with E-state index in [0.29, 0.717) is 6.54 Å². The highest BCUT2D eigenvalue weighted by Crippen LogP contribution is 2.29. The average molecular weight is 265 g/mol. The van der Waals surface area contributed by atoms with Crippen LogP contribution in [0.25, 0.3) is 0 Å². The van der Waals surface area contributed by atoms with Gasteiger partial charge in [0.1, 0.15) is 5.75 Å². The van der Waals surface area contributed by atoms with Gasteiger partial charge in [-0.25, -0.2) is 0 Å². The molecule has 0 amide bonds. The molecule has 1 rings (SSSR count). The van der Waals surface area contributed by atoms with Crippen LogP contribution in [0.4, 0.5) is 5.69 Å². The van der Waals surface area contributed by atoms with Crippen LogP contribution >= 0.6 is 0 Å². The lowest BCUT2D eigenvalue weighted by molar-refractivity contribution is -0.136. The monoisotopic (exact) mass is 265 g/mol. The van der Waals surface area contributed by atoms with E-state index in [9.17, 15) is 4.79 Å². The van der Waals surface area contributed by atoms with Gasteiger partial charge in [0.05, 0.1) is 19.2 Å². The van der Waals surface area contributed by atoms with E-state index in [2.05, 4.69) is 17.9 Å². The number of nitrogens with zero attached hydrogens (tertiary/aromatic N) is 1. The Morgan fingerprint density at radius 1 is 1.37 bits per heavy atom. The number of anilines is 1. The molecule has 0 aliphatic heterocycles. The Morgan fingerprint density at radius 2 is 2.11 bits per heavy atom. The van der Waals surface area contributed by atoms with Crippen molar-refractivity contribution >= 4 is 11.7 Å². The molecule has 19 heavy (non-hydrogen) atoms. The Labute approximate surface area is 115 Å². The predicted molar refractivity (Wildman–Crippen MR) is 77.1 cm³/mol. The number of methoxy groups -OCH3 is 1. The summed E-state index contributed by atoms with van der Waals surface area (Å²) in [5.41, 5.74) is 2.13. The molecule has 0 bridgehead atoms. The minimum atomic E-state index is -0.770. The average Bonchev–Trinajstić information content (AvgIpc) is 2.38. The molecule has 0 fully saturated rings. The molecule has 0 aliphatic carbocycles. The van der Waals surface area contributed by atoms with E-state index in [0.717, 1.165) is 36.4 Å². The number of aliphatic carboxylic acids is 1. The first kappa shape index (κ1) is 15.3. The van der Waals surface area contributed by atoms with Crippen molar-refractivity contribution < 1.29 is 14.6 Å². The Hall–Kier alpha value is -1.71. The van der Waals surface area contributed by atoms with Gasteiger partial charge in [-0.3, -0.25) is 4.79 Å². The van der Waals surface area contributed by atoms with Crippen LogP contribution in [0.5, 0.6) is 5.75 Å². The fourth-order valence-corrected chi connectivity index (χ4v) is 1.98. The van der Waals surface area contributed by atoms with Crippen molar-refractivity contribution in [2.75, 3.05) is 25.1 Å². The molecule has 0 radical (unpaired) electrons. The molecule has 1 aromatic rings. The van der Waals surface area contributed by atoms with Crippen molar-refractivity contribution in [3.63, 3.8) is 0 Å². The van der Waals surface area contributed by atoms with Gasteiger partial charge in [0.25, 0.3) is 0 Å². The quantitative estimate of drug-likeness (QED) is 0.784. The fraction of sp³-hybridized carbons (Fsp3) is 0.533. The topological polar surface area (TPSA) is 49.8 Å². The summed E-state index contributed by atoms with van der Waals surface area (Å²) in [6.45, 7) is 5.51. The van der Waals surface area contributed by atoms with Crippen LogP contribution in [0.3, 0.4) is 0 Å². The first-order valence-corrected chi connectivity index (χ1v) is 6.69. The van der Waals surface area contributed by atoms with Crippen molar-refractivity contribution in [3.8, 4) is 5.75 Å². The van der Waals surface area contributed by atoms with Crippen LogP contribution in [0.15, 0.2) is 18.2 Å². The minimum Gasteiger partial charge on any atom is -0.495 e. The number of carbonyl (C=O) groups is 1. The number of aryl methyl sites for hydroxylation is 1. The highest BCUT2D eigenvalue weighted by molar-refractivity contribution is 5.68. The number of hydrogen-bond donors (Lipinski definition) is 1. The summed E-state index contributed by atoms with van der Waals surface area (Å²) in [5, 5.41) is 8.86. The standard InChI is InChI=1S/C15H23NO3/c1-4-5-9-16(10-8-15(17)18)13-11-12(2)6-7-14(13)19-3/h6-7,11H,4-5,8-10H2,1-3H3,(H,17,18). The van der Waals surface area contributed by atoms with Gasteiger partial charge in [0.2, 0.25) is 0 Å². The molecule has 0 heterocycles. The van der Waals surface area contributed by atoms with Crippen molar-refractivity contribution in [1.29, 1.82) is 0 Å². The Morgan fingerprint density at radius 3 is 2.68 bits per heavy atom. The van der Waals surface area contributed by atoms with Gasteiger partial charge >= 0.3 is 5.97 Å². The molecule has 1 N–H and O–H groups in total. The Kier molecular flexibility index (Phi) is 6.19. The lowest BCUT2D eigenvalue weighted by Gasteiger charge is -2.26. The van der Waals surface area contributed by atoms with Crippen LogP contribution in [0.1, 0.15) is 31.7 Å². The van der Waals surface area contributed by atoms with Gasteiger partial charge in [-0.1, -0.05) is 19.4 Å². The number of ether oxygens (including phenoxy) is 1. The van der Waals surface area contributed by atoms with Crippen LogP contribution in [-0.2, 0) is 4.79 Å². The minimum absolute atomic E-state index is 0.140. The Balaban J connectivity index is 2.93. The molecule has 0 aliphatic rings. The van der Waals surface area contributed by atoms with Crippen molar-refractivity contribution in [2.24, 2.45) is 0 Å². The molecule has 0 spiro atoms. The maximum absolute atomic E-state index is 10.8. The first-order chi connectivity index (χ1) is 9.08. The van der Waals surface area contributed by atoms with Gasteiger partial charge < -0.3 is 14.7 Å². The molecule has 0 saturated carbocycles. The van der Waals surface area contributed by atoms with E-state index in [1.54, 1.807) is 7.11 Å². The van der Waals surface area contributed by atoms with Gasteiger partial charge in [-0.2, -0.15) is 0 Å². The molecule has 0 unspecified atom stereocenters. The van der Waals surface area contributed by atoms with E-state index in [4.69, 9.17) is 9.84 Å². The molecule has 4 nitrogen and oxygen atoms in total.